The van der Waals surface area contributed by atoms with Gasteiger partial charge in [0.15, 0.2) is 0 Å². The van der Waals surface area contributed by atoms with Crippen LogP contribution in [-0.2, 0) is 6.18 Å². The zero-order valence-corrected chi connectivity index (χ0v) is 14.2. The third-order valence-electron chi connectivity index (χ3n) is 2.37. The molecule has 1 amide bonds. The molecule has 2 nitrogen and oxygen atoms in total. The molecule has 0 bridgehead atoms. The average molecular weight is 476 g/mol. The van der Waals surface area contributed by atoms with Gasteiger partial charge in [0.05, 0.1) is 19.7 Å². The molecule has 1 N–H and O–H groups in total. The van der Waals surface area contributed by atoms with Crippen LogP contribution < -0.4 is 5.32 Å². The summed E-state index contributed by atoms with van der Waals surface area (Å²) >= 11 is 6.58. The van der Waals surface area contributed by atoms with Gasteiger partial charge < -0.3 is 5.32 Å². The van der Waals surface area contributed by atoms with E-state index in [1.54, 1.807) is 11.4 Å². The van der Waals surface area contributed by atoms with E-state index in [0.717, 1.165) is 15.0 Å². The summed E-state index contributed by atoms with van der Waals surface area (Å²) in [4.78, 5) is 11.9. The number of hydrogen-bond donors (Lipinski definition) is 1. The average Bonchev–Trinajstić information content (AvgIpc) is 2.77. The second-order valence-electron chi connectivity index (χ2n) is 3.79. The molecule has 106 valence electrons. The molecule has 0 unspecified atom stereocenters. The zero-order valence-electron chi connectivity index (χ0n) is 9.59. The molecule has 0 spiro atoms. The largest absolute Gasteiger partial charge is 0.416 e. The van der Waals surface area contributed by atoms with E-state index in [9.17, 15) is 18.0 Å². The van der Waals surface area contributed by atoms with E-state index in [-0.39, 0.29) is 5.69 Å². The number of amides is 1. The number of rotatable bonds is 2. The Balaban J connectivity index is 2.27. The third kappa shape index (κ3) is 3.73. The minimum atomic E-state index is -4.45. The molecule has 0 aliphatic rings. The summed E-state index contributed by atoms with van der Waals surface area (Å²) in [7, 11) is 0. The first-order chi connectivity index (χ1) is 9.27. The van der Waals surface area contributed by atoms with Gasteiger partial charge >= 0.3 is 6.18 Å². The number of carbonyl (C=O) groups excluding carboxylic acids is 1. The number of nitrogens with one attached hydrogen (secondary N) is 1. The highest BCUT2D eigenvalue weighted by Crippen LogP contribution is 2.34. The number of anilines is 1. The lowest BCUT2D eigenvalue weighted by molar-refractivity contribution is -0.137. The first-order valence-electron chi connectivity index (χ1n) is 5.19. The fourth-order valence-electron chi connectivity index (χ4n) is 1.42. The van der Waals surface area contributed by atoms with Crippen LogP contribution in [0.25, 0.3) is 0 Å². The van der Waals surface area contributed by atoms with Crippen LogP contribution in [0.15, 0.2) is 34.1 Å². The Morgan fingerprint density at radius 1 is 1.30 bits per heavy atom. The summed E-state index contributed by atoms with van der Waals surface area (Å²) in [5, 5.41) is 4.12. The predicted molar refractivity (Wildman–Crippen MR) is 84.1 cm³/mol. The molecule has 8 heteroatoms. The first-order valence-corrected chi connectivity index (χ1v) is 7.94. The SMILES string of the molecule is O=C(Nc1cc(C(F)(F)F)ccc1Br)c1csc(I)c1. The second kappa shape index (κ2) is 6.02. The fourth-order valence-corrected chi connectivity index (χ4v) is 3.09. The maximum Gasteiger partial charge on any atom is 0.416 e. The van der Waals surface area contributed by atoms with Crippen molar-refractivity contribution in [2.24, 2.45) is 0 Å². The molecular weight excluding hydrogens is 470 g/mol. The molecule has 0 aliphatic carbocycles. The van der Waals surface area contributed by atoms with Gasteiger partial charge in [-0.3, -0.25) is 4.79 Å². The van der Waals surface area contributed by atoms with Crippen LogP contribution in [0.3, 0.4) is 0 Å². The van der Waals surface area contributed by atoms with Crippen molar-refractivity contribution in [2.45, 2.75) is 6.18 Å². The van der Waals surface area contributed by atoms with Crippen molar-refractivity contribution in [1.29, 1.82) is 0 Å². The molecule has 0 saturated heterocycles. The van der Waals surface area contributed by atoms with E-state index < -0.39 is 17.6 Å². The number of thiophene rings is 1. The zero-order chi connectivity index (χ0) is 14.9. The molecule has 0 fully saturated rings. The van der Waals surface area contributed by atoms with Crippen LogP contribution in [-0.4, -0.2) is 5.91 Å². The van der Waals surface area contributed by atoms with Gasteiger partial charge in [-0.05, 0) is 62.8 Å². The maximum absolute atomic E-state index is 12.6. The molecule has 0 radical (unpaired) electrons. The van der Waals surface area contributed by atoms with Gasteiger partial charge in [0, 0.05) is 9.85 Å². The van der Waals surface area contributed by atoms with Gasteiger partial charge in [-0.25, -0.2) is 0 Å². The first kappa shape index (κ1) is 15.8. The highest BCUT2D eigenvalue weighted by atomic mass is 127. The Hall–Kier alpha value is -0.610. The summed E-state index contributed by atoms with van der Waals surface area (Å²) in [5.74, 6) is -0.441. The van der Waals surface area contributed by atoms with E-state index in [2.05, 4.69) is 43.8 Å². The van der Waals surface area contributed by atoms with E-state index in [0.29, 0.717) is 10.0 Å². The standard InChI is InChI=1S/C12H6BrF3INOS/c13-8-2-1-7(12(14,15)16)4-9(8)18-11(19)6-3-10(17)20-5-6/h1-5H,(H,18,19). The highest BCUT2D eigenvalue weighted by Gasteiger charge is 2.31. The molecule has 20 heavy (non-hydrogen) atoms. The molecule has 2 aromatic rings. The molecule has 2 rings (SSSR count). The number of carbonyl (C=O) groups is 1. The Morgan fingerprint density at radius 2 is 2.00 bits per heavy atom. The molecule has 1 aromatic heterocycles. The van der Waals surface area contributed by atoms with E-state index in [1.165, 1.54) is 17.4 Å². The van der Waals surface area contributed by atoms with Crippen LogP contribution in [0.4, 0.5) is 18.9 Å². The Morgan fingerprint density at radius 3 is 2.55 bits per heavy atom. The fraction of sp³-hybridized carbons (Fsp3) is 0.0833. The number of halogens is 5. The monoisotopic (exact) mass is 475 g/mol. The van der Waals surface area contributed by atoms with Crippen LogP contribution in [0.5, 0.6) is 0 Å². The lowest BCUT2D eigenvalue weighted by Crippen LogP contribution is -2.13. The number of benzene rings is 1. The van der Waals surface area contributed by atoms with Gasteiger partial charge in [-0.1, -0.05) is 0 Å². The van der Waals surface area contributed by atoms with Crippen molar-refractivity contribution in [3.8, 4) is 0 Å². The van der Waals surface area contributed by atoms with Crippen molar-refractivity contribution in [2.75, 3.05) is 5.32 Å². The summed E-state index contributed by atoms with van der Waals surface area (Å²) in [6.07, 6.45) is -4.45. The Kier molecular flexibility index (Phi) is 4.75. The van der Waals surface area contributed by atoms with E-state index >= 15 is 0 Å². The third-order valence-corrected chi connectivity index (χ3v) is 4.85. The molecule has 0 aliphatic heterocycles. The smallest absolute Gasteiger partial charge is 0.321 e. The summed E-state index contributed by atoms with van der Waals surface area (Å²) in [5.41, 5.74) is -0.300. The van der Waals surface area contributed by atoms with Crippen molar-refractivity contribution in [1.82, 2.24) is 0 Å². The molecule has 1 heterocycles. The van der Waals surface area contributed by atoms with Crippen molar-refractivity contribution < 1.29 is 18.0 Å². The van der Waals surface area contributed by atoms with Crippen LogP contribution >= 0.6 is 49.9 Å². The van der Waals surface area contributed by atoms with Crippen LogP contribution in [0, 0.1) is 2.88 Å². The molecule has 1 aromatic carbocycles. The summed E-state index contributed by atoms with van der Waals surface area (Å²) in [6, 6.07) is 4.78. The van der Waals surface area contributed by atoms with Crippen molar-refractivity contribution in [3.63, 3.8) is 0 Å². The normalized spacial score (nSPS) is 11.4. The van der Waals surface area contributed by atoms with Gasteiger partial charge in [0.25, 0.3) is 5.91 Å². The second-order valence-corrected chi connectivity index (χ2v) is 7.45. The maximum atomic E-state index is 12.6. The molecule has 0 atom stereocenters. The van der Waals surface area contributed by atoms with Gasteiger partial charge in [0.1, 0.15) is 0 Å². The minimum absolute atomic E-state index is 0.0889. The van der Waals surface area contributed by atoms with Crippen LogP contribution in [0.2, 0.25) is 0 Å². The molecular formula is C12H6BrF3INOS. The van der Waals surface area contributed by atoms with Gasteiger partial charge in [0.2, 0.25) is 0 Å². The predicted octanol–water partition coefficient (Wildman–Crippen LogP) is 5.39. The van der Waals surface area contributed by atoms with Crippen LogP contribution in [0.1, 0.15) is 15.9 Å². The molecule has 0 saturated carbocycles. The van der Waals surface area contributed by atoms with Crippen molar-refractivity contribution >= 4 is 61.5 Å². The Bertz CT molecular complexity index is 656. The van der Waals surface area contributed by atoms with Gasteiger partial charge in [-0.2, -0.15) is 13.2 Å². The summed E-state index contributed by atoms with van der Waals surface area (Å²) < 4.78 is 39.2. The number of alkyl halides is 3. The highest BCUT2D eigenvalue weighted by molar-refractivity contribution is 14.1. The van der Waals surface area contributed by atoms with E-state index in [1.807, 2.05) is 0 Å². The Labute approximate surface area is 138 Å². The quantitative estimate of drug-likeness (QED) is 0.580. The summed E-state index contributed by atoms with van der Waals surface area (Å²) in [6.45, 7) is 0. The number of hydrogen-bond acceptors (Lipinski definition) is 2. The lowest BCUT2D eigenvalue weighted by Gasteiger charge is -2.11. The minimum Gasteiger partial charge on any atom is -0.321 e. The van der Waals surface area contributed by atoms with E-state index in [4.69, 9.17) is 0 Å². The van der Waals surface area contributed by atoms with Gasteiger partial charge in [-0.15, -0.1) is 11.3 Å². The lowest BCUT2D eigenvalue weighted by atomic mass is 10.2. The topological polar surface area (TPSA) is 29.1 Å². The van der Waals surface area contributed by atoms with Crippen molar-refractivity contribution in [3.05, 3.63) is 48.1 Å².